The van der Waals surface area contributed by atoms with Crippen LogP contribution in [0.4, 0.5) is 0 Å². The number of aromatic amines is 1. The Balaban J connectivity index is 1.30. The van der Waals surface area contributed by atoms with Crippen LogP contribution in [0.2, 0.25) is 0 Å². The molecule has 5 N–H and O–H groups in total. The monoisotopic (exact) mass is 633 g/mol. The maximum Gasteiger partial charge on any atom is 0.469 e. The Kier molecular flexibility index (Phi) is 10.4. The molecule has 2 aliphatic rings. The number of hydrogen-bond donors (Lipinski definition) is 5. The first-order valence-corrected chi connectivity index (χ1v) is 16.6. The summed E-state index contributed by atoms with van der Waals surface area (Å²) in [5.74, 6) is 5.46. The van der Waals surface area contributed by atoms with Gasteiger partial charge in [-0.1, -0.05) is 72.9 Å². The molecule has 2 unspecified atom stereocenters. The summed E-state index contributed by atoms with van der Waals surface area (Å²) in [5, 5.41) is 16.1. The maximum absolute atomic E-state index is 13.7. The number of rotatable bonds is 10. The Morgan fingerprint density at radius 2 is 1.96 bits per heavy atom. The van der Waals surface area contributed by atoms with Crippen LogP contribution >= 0.6 is 7.82 Å². The third-order valence-electron chi connectivity index (χ3n) is 8.28. The lowest BCUT2D eigenvalue weighted by Crippen LogP contribution is -2.48. The van der Waals surface area contributed by atoms with Crippen molar-refractivity contribution < 1.29 is 33.6 Å². The molecule has 1 amide bonds. The van der Waals surface area contributed by atoms with E-state index < -0.39 is 38.6 Å². The maximum atomic E-state index is 13.7. The summed E-state index contributed by atoms with van der Waals surface area (Å²) >= 11 is 0. The Morgan fingerprint density at radius 1 is 1.20 bits per heavy atom. The molecule has 3 aromatic rings. The van der Waals surface area contributed by atoms with Crippen molar-refractivity contribution in [1.29, 1.82) is 0 Å². The lowest BCUT2D eigenvalue weighted by molar-refractivity contribution is -0.181. The molecular weight excluding hydrogens is 593 g/mol. The van der Waals surface area contributed by atoms with Crippen molar-refractivity contribution >= 4 is 24.6 Å². The molecule has 11 heteroatoms. The average molecular weight is 634 g/mol. The van der Waals surface area contributed by atoms with Crippen molar-refractivity contribution in [2.24, 2.45) is 17.8 Å². The van der Waals surface area contributed by atoms with Gasteiger partial charge in [-0.05, 0) is 55.5 Å². The normalized spacial score (nSPS) is 24.2. The van der Waals surface area contributed by atoms with Crippen molar-refractivity contribution in [1.82, 2.24) is 15.4 Å². The number of carbonyl (C=O) groups excluding carboxylic acids is 1. The zero-order valence-corrected chi connectivity index (χ0v) is 26.5. The number of aryl methyl sites for hydroxylation is 1. The van der Waals surface area contributed by atoms with E-state index in [1.165, 1.54) is 17.6 Å². The van der Waals surface area contributed by atoms with Gasteiger partial charge >= 0.3 is 7.82 Å². The van der Waals surface area contributed by atoms with Gasteiger partial charge in [0, 0.05) is 47.6 Å². The number of fused-ring (bicyclic) bond motifs is 1. The van der Waals surface area contributed by atoms with E-state index in [9.17, 15) is 24.3 Å². The van der Waals surface area contributed by atoms with Crippen molar-refractivity contribution in [2.75, 3.05) is 19.7 Å². The number of carbonyl (C=O) groups is 1. The third kappa shape index (κ3) is 8.40. The second-order valence-electron chi connectivity index (χ2n) is 11.8. The number of aliphatic hydroxyl groups is 1. The van der Waals surface area contributed by atoms with Gasteiger partial charge in [-0.2, -0.15) is 5.06 Å². The number of para-hydroxylation sites is 1. The van der Waals surface area contributed by atoms with Crippen LogP contribution in [0, 0.1) is 36.5 Å². The van der Waals surface area contributed by atoms with Crippen molar-refractivity contribution in [2.45, 2.75) is 45.4 Å². The highest BCUT2D eigenvalue weighted by Crippen LogP contribution is 2.40. The Labute approximate surface area is 263 Å². The summed E-state index contributed by atoms with van der Waals surface area (Å²) in [7, 11) is -4.84. The first kappa shape index (κ1) is 32.9. The first-order valence-electron chi connectivity index (χ1n) is 15.1. The minimum absolute atomic E-state index is 0.00720. The zero-order chi connectivity index (χ0) is 32.1. The number of allylic oxidation sites excluding steroid dienone is 2. The molecule has 0 saturated carbocycles. The van der Waals surface area contributed by atoms with Crippen LogP contribution < -0.4 is 5.32 Å². The number of benzene rings is 2. The SMILES string of the molecule is Cc1ccc(C#CC2C=CC(CN3O[C@@H]([C@H](C)O)[C@@H](COP(=O)(O)O)[C@H]3C(=O)NCCc3c[nH]c4ccccc34)=CC2C)cc1. The van der Waals surface area contributed by atoms with E-state index in [4.69, 9.17) is 9.36 Å². The first-order chi connectivity index (χ1) is 21.5. The zero-order valence-electron chi connectivity index (χ0n) is 25.6. The third-order valence-corrected chi connectivity index (χ3v) is 8.76. The lowest BCUT2D eigenvalue weighted by atomic mass is 9.87. The summed E-state index contributed by atoms with van der Waals surface area (Å²) in [6.45, 7) is 5.71. The minimum Gasteiger partial charge on any atom is -0.391 e. The van der Waals surface area contributed by atoms with Gasteiger partial charge in [0.1, 0.15) is 12.1 Å². The summed E-state index contributed by atoms with van der Waals surface area (Å²) in [6, 6.07) is 15.0. The predicted octanol–water partition coefficient (Wildman–Crippen LogP) is 4.03. The molecule has 10 nitrogen and oxygen atoms in total. The highest BCUT2D eigenvalue weighted by molar-refractivity contribution is 7.46. The van der Waals surface area contributed by atoms with Crippen LogP contribution in [0.5, 0.6) is 0 Å². The van der Waals surface area contributed by atoms with Gasteiger partial charge in [-0.3, -0.25) is 14.2 Å². The van der Waals surface area contributed by atoms with Crippen LogP contribution in [0.15, 0.2) is 78.5 Å². The Morgan fingerprint density at radius 3 is 2.67 bits per heavy atom. The molecule has 1 fully saturated rings. The van der Waals surface area contributed by atoms with Crippen LogP contribution in [0.3, 0.4) is 0 Å². The second-order valence-corrected chi connectivity index (χ2v) is 13.0. The molecular formula is C34H40N3O7P. The number of aliphatic hydroxyl groups excluding tert-OH is 1. The second kappa shape index (κ2) is 14.3. The molecule has 45 heavy (non-hydrogen) atoms. The largest absolute Gasteiger partial charge is 0.469 e. The van der Waals surface area contributed by atoms with Crippen LogP contribution in [0.1, 0.15) is 30.5 Å². The molecule has 1 aliphatic carbocycles. The molecule has 0 spiro atoms. The van der Waals surface area contributed by atoms with E-state index in [1.807, 2.05) is 73.8 Å². The van der Waals surface area contributed by atoms with E-state index in [0.29, 0.717) is 13.0 Å². The van der Waals surface area contributed by atoms with Crippen LogP contribution in [0.25, 0.3) is 10.9 Å². The van der Waals surface area contributed by atoms with Crippen molar-refractivity contribution in [3.8, 4) is 11.8 Å². The fourth-order valence-corrected chi connectivity index (χ4v) is 6.27. The molecule has 6 atom stereocenters. The molecule has 5 rings (SSSR count). The van der Waals surface area contributed by atoms with Crippen LogP contribution in [-0.2, 0) is 25.1 Å². The minimum atomic E-state index is -4.84. The van der Waals surface area contributed by atoms with Crippen LogP contribution in [-0.4, -0.2) is 68.8 Å². The van der Waals surface area contributed by atoms with Gasteiger partial charge in [-0.15, -0.1) is 0 Å². The smallest absolute Gasteiger partial charge is 0.391 e. The number of nitrogens with one attached hydrogen (secondary N) is 2. The highest BCUT2D eigenvalue weighted by atomic mass is 31.2. The number of phosphoric ester groups is 1. The number of aromatic nitrogens is 1. The quantitative estimate of drug-likeness (QED) is 0.166. The van der Waals surface area contributed by atoms with Gasteiger partial charge in [0.25, 0.3) is 0 Å². The predicted molar refractivity (Wildman–Crippen MR) is 171 cm³/mol. The number of nitrogens with zero attached hydrogens (tertiary/aromatic N) is 1. The fraction of sp³-hybridized carbons (Fsp3) is 0.382. The standard InChI is InChI=1S/C34H40N3O7P/c1-22-8-10-25(11-9-22)12-14-27-15-13-26(18-23(27)2)20-37-32(30(21-43-45(40,41)42)33(44-37)24(3)38)34(39)35-17-16-28-19-36-31-7-5-4-6-29(28)31/h4-11,13,15,18-19,23-24,27,30,32-33,36,38H,16-17,20-21H2,1-3H3,(H,35,39)(H2,40,41,42)/t23?,24-,27?,30-,32-,33-/m0/s1. The summed E-state index contributed by atoms with van der Waals surface area (Å²) < 4.78 is 16.4. The van der Waals surface area contributed by atoms with E-state index in [2.05, 4.69) is 35.1 Å². The van der Waals surface area contributed by atoms with Gasteiger partial charge in [0.15, 0.2) is 0 Å². The average Bonchev–Trinajstić information content (AvgIpc) is 3.57. The number of hydrogen-bond acceptors (Lipinski definition) is 6. The number of phosphoric acid groups is 1. The van der Waals surface area contributed by atoms with E-state index >= 15 is 0 Å². The molecule has 1 aromatic heterocycles. The lowest BCUT2D eigenvalue weighted by Gasteiger charge is -2.27. The van der Waals surface area contributed by atoms with Gasteiger partial charge in [-0.25, -0.2) is 4.57 Å². The van der Waals surface area contributed by atoms with Crippen molar-refractivity contribution in [3.63, 3.8) is 0 Å². The number of amides is 1. The topological polar surface area (TPSA) is 144 Å². The van der Waals surface area contributed by atoms with Gasteiger partial charge in [0.05, 0.1) is 12.7 Å². The molecule has 2 heterocycles. The van der Waals surface area contributed by atoms with E-state index in [0.717, 1.165) is 27.6 Å². The summed E-state index contributed by atoms with van der Waals surface area (Å²) in [4.78, 5) is 41.9. The van der Waals surface area contributed by atoms with Crippen molar-refractivity contribution in [3.05, 3.63) is 95.2 Å². The van der Waals surface area contributed by atoms with Gasteiger partial charge < -0.3 is 25.2 Å². The Hall–Kier alpha value is -3.52. The molecule has 2 aromatic carbocycles. The molecule has 0 radical (unpaired) electrons. The van der Waals surface area contributed by atoms with E-state index in [-0.39, 0.29) is 24.3 Å². The summed E-state index contributed by atoms with van der Waals surface area (Å²) in [5.41, 5.74) is 5.09. The highest BCUT2D eigenvalue weighted by Gasteiger charge is 2.50. The molecule has 1 saturated heterocycles. The molecule has 238 valence electrons. The Bertz CT molecular complexity index is 1660. The number of hydroxylamine groups is 2. The molecule has 0 bridgehead atoms. The fourth-order valence-electron chi connectivity index (χ4n) is 5.90. The summed E-state index contributed by atoms with van der Waals surface area (Å²) in [6.07, 6.45) is 6.62. The number of H-pyrrole nitrogens is 1. The molecule has 1 aliphatic heterocycles. The van der Waals surface area contributed by atoms with Gasteiger partial charge in [0.2, 0.25) is 5.91 Å². The van der Waals surface area contributed by atoms with E-state index in [1.54, 1.807) is 0 Å².